The Labute approximate surface area is 251 Å². The summed E-state index contributed by atoms with van der Waals surface area (Å²) < 4.78 is 89.2. The zero-order chi connectivity index (χ0) is 31.5. The molecular formula is C32H42F5NO4S. The van der Waals surface area contributed by atoms with Crippen molar-refractivity contribution in [3.05, 3.63) is 64.7 Å². The first-order valence-corrected chi connectivity index (χ1v) is 16.8. The number of phenols is 1. The molecule has 0 spiro atoms. The Hall–Kier alpha value is -2.50. The first-order chi connectivity index (χ1) is 20.4. The van der Waals surface area contributed by atoms with Crippen molar-refractivity contribution in [1.82, 2.24) is 4.90 Å². The van der Waals surface area contributed by atoms with Crippen LogP contribution in [0.3, 0.4) is 0 Å². The summed E-state index contributed by atoms with van der Waals surface area (Å²) in [5.41, 5.74) is 4.66. The fourth-order valence-corrected chi connectivity index (χ4v) is 7.04. The van der Waals surface area contributed by atoms with Crippen molar-refractivity contribution >= 4 is 21.0 Å². The maximum Gasteiger partial charge on any atom is 0.389 e. The van der Waals surface area contributed by atoms with E-state index in [0.717, 1.165) is 66.4 Å². The van der Waals surface area contributed by atoms with E-state index in [-0.39, 0.29) is 23.9 Å². The Morgan fingerprint density at radius 1 is 0.837 bits per heavy atom. The van der Waals surface area contributed by atoms with Crippen LogP contribution in [0.4, 0.5) is 22.0 Å². The van der Waals surface area contributed by atoms with E-state index in [4.69, 9.17) is 0 Å². The molecule has 0 saturated heterocycles. The van der Waals surface area contributed by atoms with Crippen molar-refractivity contribution in [3.63, 3.8) is 0 Å². The third-order valence-electron chi connectivity index (χ3n) is 7.84. The minimum absolute atomic E-state index is 0.0792. The maximum atomic E-state index is 14.5. The molecule has 0 saturated carbocycles. The quantitative estimate of drug-likeness (QED) is 0.141. The molecule has 1 aliphatic rings. The number of unbranched alkanes of at least 4 members (excludes halogenated alkanes) is 3. The Kier molecular flexibility index (Phi) is 13.5. The van der Waals surface area contributed by atoms with E-state index in [0.29, 0.717) is 38.9 Å². The van der Waals surface area contributed by atoms with Gasteiger partial charge < -0.3 is 15.1 Å². The van der Waals surface area contributed by atoms with Gasteiger partial charge in [0.1, 0.15) is 15.7 Å². The van der Waals surface area contributed by atoms with Crippen molar-refractivity contribution in [2.24, 2.45) is 0 Å². The lowest BCUT2D eigenvalue weighted by Gasteiger charge is -2.21. The van der Waals surface area contributed by atoms with Gasteiger partial charge in [0.05, 0.1) is 18.1 Å². The highest BCUT2D eigenvalue weighted by atomic mass is 32.2. The lowest BCUT2D eigenvalue weighted by molar-refractivity contribution is -0.134. The van der Waals surface area contributed by atoms with Crippen LogP contribution >= 0.6 is 0 Å². The van der Waals surface area contributed by atoms with E-state index >= 15 is 0 Å². The van der Waals surface area contributed by atoms with Gasteiger partial charge in [-0.3, -0.25) is 0 Å². The first-order valence-electron chi connectivity index (χ1n) is 15.0. The monoisotopic (exact) mass is 631 g/mol. The van der Waals surface area contributed by atoms with Gasteiger partial charge in [-0.15, -0.1) is 0 Å². The number of phenolic OH excluding ortho intramolecular Hbond substituents is 1. The van der Waals surface area contributed by atoms with E-state index in [1.54, 1.807) is 12.1 Å². The molecule has 2 aromatic rings. The van der Waals surface area contributed by atoms with Crippen molar-refractivity contribution in [1.29, 1.82) is 0 Å². The summed E-state index contributed by atoms with van der Waals surface area (Å²) in [6.07, 6.45) is 0.777. The van der Waals surface area contributed by atoms with Gasteiger partial charge in [-0.25, -0.2) is 17.2 Å². The number of aliphatic hydroxyl groups excluding tert-OH is 1. The molecule has 0 radical (unpaired) electrons. The summed E-state index contributed by atoms with van der Waals surface area (Å²) in [7, 11) is -3.56. The molecule has 43 heavy (non-hydrogen) atoms. The van der Waals surface area contributed by atoms with Crippen LogP contribution in [0.15, 0.2) is 36.4 Å². The molecule has 2 N–H and O–H groups in total. The summed E-state index contributed by atoms with van der Waals surface area (Å²) >= 11 is 0. The average Bonchev–Trinajstić information content (AvgIpc) is 3.09. The van der Waals surface area contributed by atoms with Crippen LogP contribution in [-0.4, -0.2) is 67.5 Å². The van der Waals surface area contributed by atoms with Crippen molar-refractivity contribution < 1.29 is 40.6 Å². The number of halogens is 5. The summed E-state index contributed by atoms with van der Waals surface area (Å²) in [5, 5.41) is 19.4. The van der Waals surface area contributed by atoms with Crippen LogP contribution in [0.1, 0.15) is 80.9 Å². The highest BCUT2D eigenvalue weighted by molar-refractivity contribution is 7.91. The zero-order valence-corrected chi connectivity index (χ0v) is 25.3. The van der Waals surface area contributed by atoms with Crippen LogP contribution in [-0.2, 0) is 16.3 Å². The number of benzene rings is 2. The molecule has 240 valence electrons. The number of alkyl halides is 3. The number of allylic oxidation sites excluding steroid dienone is 2. The number of sulfone groups is 1. The molecule has 2 aromatic carbocycles. The standard InChI is InChI=1S/C32H42F5NO4S/c33-26-13-11-24(12-14-26)27-10-5-8-25-22-31(40)30(34)23-29(25)28(27)9-3-1-2-4-16-38(18-19-39)17-7-21-43(41,42)20-6-15-32(35,36)37/h11-14,22-23,39-40H,1-10,15-21H2. The van der Waals surface area contributed by atoms with Crippen LogP contribution in [0, 0.1) is 11.6 Å². The second-order valence-electron chi connectivity index (χ2n) is 11.2. The molecule has 1 aliphatic carbocycles. The number of aliphatic hydroxyl groups is 1. The molecule has 5 nitrogen and oxygen atoms in total. The fourth-order valence-electron chi connectivity index (χ4n) is 5.69. The van der Waals surface area contributed by atoms with Gasteiger partial charge in [-0.05, 0) is 117 Å². The van der Waals surface area contributed by atoms with Gasteiger partial charge in [0.25, 0.3) is 0 Å². The molecule has 3 rings (SSSR count). The number of hydrogen-bond acceptors (Lipinski definition) is 5. The fraction of sp³-hybridized carbons (Fsp3) is 0.562. The number of aromatic hydroxyl groups is 1. The SMILES string of the molecule is O=S(=O)(CCCN(CCO)CCCCCCC1=C(c2ccc(F)cc2)CCCc2cc(O)c(F)cc21)CCCC(F)(F)F. The van der Waals surface area contributed by atoms with Gasteiger partial charge in [0.2, 0.25) is 0 Å². The second kappa shape index (κ2) is 16.5. The number of aryl methyl sites for hydroxylation is 1. The number of nitrogens with zero attached hydrogens (tertiary/aromatic N) is 1. The highest BCUT2D eigenvalue weighted by Crippen LogP contribution is 2.40. The number of hydrogen-bond donors (Lipinski definition) is 2. The molecule has 0 heterocycles. The van der Waals surface area contributed by atoms with E-state index in [1.165, 1.54) is 24.3 Å². The van der Waals surface area contributed by atoms with E-state index in [1.807, 2.05) is 4.90 Å². The molecule has 0 aromatic heterocycles. The summed E-state index contributed by atoms with van der Waals surface area (Å²) in [4.78, 5) is 1.97. The molecule has 0 fully saturated rings. The Morgan fingerprint density at radius 2 is 1.51 bits per heavy atom. The molecule has 0 atom stereocenters. The third kappa shape index (κ3) is 11.8. The highest BCUT2D eigenvalue weighted by Gasteiger charge is 2.27. The van der Waals surface area contributed by atoms with Crippen LogP contribution in [0.2, 0.25) is 0 Å². The van der Waals surface area contributed by atoms with Gasteiger partial charge in [-0.1, -0.05) is 25.0 Å². The predicted molar refractivity (Wildman–Crippen MR) is 159 cm³/mol. The van der Waals surface area contributed by atoms with Gasteiger partial charge in [-0.2, -0.15) is 13.2 Å². The van der Waals surface area contributed by atoms with Crippen molar-refractivity contribution in [2.45, 2.75) is 76.8 Å². The Bertz CT molecular complexity index is 1310. The van der Waals surface area contributed by atoms with E-state index < -0.39 is 40.4 Å². The minimum Gasteiger partial charge on any atom is -0.505 e. The minimum atomic E-state index is -4.36. The molecule has 11 heteroatoms. The molecule has 0 unspecified atom stereocenters. The zero-order valence-electron chi connectivity index (χ0n) is 24.4. The largest absolute Gasteiger partial charge is 0.505 e. The first kappa shape index (κ1) is 35.0. The average molecular weight is 632 g/mol. The Morgan fingerprint density at radius 3 is 2.21 bits per heavy atom. The van der Waals surface area contributed by atoms with Crippen LogP contribution < -0.4 is 0 Å². The molecule has 0 amide bonds. The third-order valence-corrected chi connectivity index (χ3v) is 9.66. The molecule has 0 bridgehead atoms. The topological polar surface area (TPSA) is 77.8 Å². The lowest BCUT2D eigenvalue weighted by atomic mass is 9.89. The lowest BCUT2D eigenvalue weighted by Crippen LogP contribution is -2.30. The normalized spacial score (nSPS) is 14.3. The van der Waals surface area contributed by atoms with Gasteiger partial charge >= 0.3 is 6.18 Å². The van der Waals surface area contributed by atoms with Crippen LogP contribution in [0.25, 0.3) is 11.1 Å². The second-order valence-corrected chi connectivity index (χ2v) is 13.5. The summed E-state index contributed by atoms with van der Waals surface area (Å²) in [5.74, 6) is -2.03. The number of rotatable bonds is 17. The summed E-state index contributed by atoms with van der Waals surface area (Å²) in [6, 6.07) is 9.24. The van der Waals surface area contributed by atoms with Crippen molar-refractivity contribution in [3.8, 4) is 5.75 Å². The maximum absolute atomic E-state index is 14.5. The predicted octanol–water partition coefficient (Wildman–Crippen LogP) is 7.31. The molecular weight excluding hydrogens is 589 g/mol. The van der Waals surface area contributed by atoms with E-state index in [9.17, 15) is 40.6 Å². The summed E-state index contributed by atoms with van der Waals surface area (Å²) in [6.45, 7) is 1.40. The van der Waals surface area contributed by atoms with Gasteiger partial charge in [0.15, 0.2) is 11.6 Å². The van der Waals surface area contributed by atoms with Gasteiger partial charge in [0, 0.05) is 13.0 Å². The van der Waals surface area contributed by atoms with Crippen LogP contribution in [0.5, 0.6) is 5.75 Å². The smallest absolute Gasteiger partial charge is 0.389 e. The van der Waals surface area contributed by atoms with Crippen molar-refractivity contribution in [2.75, 3.05) is 37.7 Å². The van der Waals surface area contributed by atoms with E-state index in [2.05, 4.69) is 0 Å². The molecule has 0 aliphatic heterocycles. The number of fused-ring (bicyclic) bond motifs is 1. The Balaban J connectivity index is 1.53.